The first-order chi connectivity index (χ1) is 11.5. The van der Waals surface area contributed by atoms with Crippen LogP contribution < -0.4 is 0 Å². The molecule has 1 heterocycles. The van der Waals surface area contributed by atoms with Crippen LogP contribution in [0.2, 0.25) is 0 Å². The largest absolute Gasteiger partial charge is 0.451 e. The van der Waals surface area contributed by atoms with Crippen molar-refractivity contribution >= 4 is 23.2 Å². The summed E-state index contributed by atoms with van der Waals surface area (Å²) in [5.74, 6) is -0.904. The quantitative estimate of drug-likeness (QED) is 0.753. The Kier molecular flexibility index (Phi) is 6.04. The number of nitrogens with zero attached hydrogens (tertiary/aromatic N) is 3. The third kappa shape index (κ3) is 4.40. The molecule has 0 aliphatic rings. The molecular weight excluding hydrogens is 326 g/mol. The molecular formula is C17H17N3O3S. The molecule has 0 saturated heterocycles. The van der Waals surface area contributed by atoms with E-state index >= 15 is 0 Å². The van der Waals surface area contributed by atoms with Crippen LogP contribution in [0, 0.1) is 18.3 Å². The van der Waals surface area contributed by atoms with Crippen molar-refractivity contribution in [2.24, 2.45) is 0 Å². The van der Waals surface area contributed by atoms with Gasteiger partial charge < -0.3 is 9.64 Å². The summed E-state index contributed by atoms with van der Waals surface area (Å²) in [5.41, 5.74) is 1.51. The second-order valence-corrected chi connectivity index (χ2v) is 6.10. The lowest BCUT2D eigenvalue weighted by Gasteiger charge is -2.14. The van der Waals surface area contributed by atoms with Crippen molar-refractivity contribution in [2.45, 2.75) is 13.3 Å². The van der Waals surface area contributed by atoms with Crippen LogP contribution in [0.3, 0.4) is 0 Å². The van der Waals surface area contributed by atoms with Crippen LogP contribution in [0.4, 0.5) is 0 Å². The molecule has 24 heavy (non-hydrogen) atoms. The molecule has 0 aliphatic heterocycles. The van der Waals surface area contributed by atoms with Crippen molar-refractivity contribution in [3.63, 3.8) is 0 Å². The van der Waals surface area contributed by atoms with Crippen LogP contribution in [0.5, 0.6) is 0 Å². The maximum absolute atomic E-state index is 12.2. The molecule has 7 heteroatoms. The van der Waals surface area contributed by atoms with Crippen molar-refractivity contribution in [1.82, 2.24) is 9.88 Å². The Morgan fingerprint density at radius 1 is 1.33 bits per heavy atom. The Hall–Kier alpha value is -2.72. The molecule has 0 radical (unpaired) electrons. The summed E-state index contributed by atoms with van der Waals surface area (Å²) in [4.78, 5) is 30.1. The summed E-state index contributed by atoms with van der Waals surface area (Å²) in [6.07, 6.45) is 0.241. The van der Waals surface area contributed by atoms with Gasteiger partial charge in [0.2, 0.25) is 0 Å². The van der Waals surface area contributed by atoms with Crippen LogP contribution in [0.1, 0.15) is 21.8 Å². The summed E-state index contributed by atoms with van der Waals surface area (Å²) in [6, 6.07) is 11.5. The molecule has 2 rings (SSSR count). The summed E-state index contributed by atoms with van der Waals surface area (Å²) in [7, 11) is 1.57. The number of thiazole rings is 1. The van der Waals surface area contributed by atoms with Gasteiger partial charge in [-0.25, -0.2) is 9.78 Å². The maximum Gasteiger partial charge on any atom is 0.350 e. The minimum atomic E-state index is -0.561. The van der Waals surface area contributed by atoms with Crippen molar-refractivity contribution in [2.75, 3.05) is 20.2 Å². The third-order valence-electron chi connectivity index (χ3n) is 3.31. The minimum Gasteiger partial charge on any atom is -0.451 e. The molecule has 0 spiro atoms. The first kappa shape index (κ1) is 17.6. The molecule has 1 aromatic heterocycles. The highest BCUT2D eigenvalue weighted by Crippen LogP contribution is 2.28. The zero-order valence-electron chi connectivity index (χ0n) is 13.5. The number of aromatic nitrogens is 1. The van der Waals surface area contributed by atoms with Crippen molar-refractivity contribution < 1.29 is 14.3 Å². The normalized spacial score (nSPS) is 10.0. The van der Waals surface area contributed by atoms with Gasteiger partial charge >= 0.3 is 5.97 Å². The molecule has 0 unspecified atom stereocenters. The van der Waals surface area contributed by atoms with E-state index < -0.39 is 5.97 Å². The smallest absolute Gasteiger partial charge is 0.350 e. The molecule has 0 bridgehead atoms. The monoisotopic (exact) mass is 343 g/mol. The van der Waals surface area contributed by atoms with Crippen molar-refractivity contribution in [3.05, 3.63) is 40.9 Å². The number of likely N-dealkylation sites (N-methyl/N-ethyl adjacent to an activating group) is 1. The van der Waals surface area contributed by atoms with Crippen molar-refractivity contribution in [1.29, 1.82) is 5.26 Å². The van der Waals surface area contributed by atoms with E-state index in [4.69, 9.17) is 10.00 Å². The summed E-state index contributed by atoms with van der Waals surface area (Å²) in [5, 5.41) is 9.25. The van der Waals surface area contributed by atoms with E-state index in [1.54, 1.807) is 14.0 Å². The van der Waals surface area contributed by atoms with E-state index in [-0.39, 0.29) is 18.9 Å². The van der Waals surface area contributed by atoms with Gasteiger partial charge in [0.25, 0.3) is 5.91 Å². The van der Waals surface area contributed by atoms with Crippen LogP contribution in [-0.4, -0.2) is 42.0 Å². The topological polar surface area (TPSA) is 83.3 Å². The van der Waals surface area contributed by atoms with Crippen LogP contribution >= 0.6 is 11.3 Å². The predicted octanol–water partition coefficient (Wildman–Crippen LogP) is 2.65. The summed E-state index contributed by atoms with van der Waals surface area (Å²) >= 11 is 1.24. The fraction of sp³-hybridized carbons (Fsp3) is 0.294. The number of hydrogen-bond donors (Lipinski definition) is 0. The second-order valence-electron chi connectivity index (χ2n) is 5.10. The number of carbonyl (C=O) groups excluding carboxylic acids is 2. The van der Waals surface area contributed by atoms with Gasteiger partial charge in [0.05, 0.1) is 18.2 Å². The van der Waals surface area contributed by atoms with E-state index in [9.17, 15) is 9.59 Å². The molecule has 0 N–H and O–H groups in total. The molecule has 0 fully saturated rings. The van der Waals surface area contributed by atoms with Crippen LogP contribution in [0.15, 0.2) is 30.3 Å². The number of hydrogen-bond acceptors (Lipinski definition) is 6. The van der Waals surface area contributed by atoms with Gasteiger partial charge in [-0.05, 0) is 6.92 Å². The zero-order valence-corrected chi connectivity index (χ0v) is 14.3. The predicted molar refractivity (Wildman–Crippen MR) is 90.4 cm³/mol. The molecule has 124 valence electrons. The third-order valence-corrected chi connectivity index (χ3v) is 4.50. The summed E-state index contributed by atoms with van der Waals surface area (Å²) < 4.78 is 5.08. The fourth-order valence-corrected chi connectivity index (χ4v) is 2.90. The molecule has 2 aromatic rings. The van der Waals surface area contributed by atoms with Gasteiger partial charge in [-0.2, -0.15) is 5.26 Å². The van der Waals surface area contributed by atoms with Gasteiger partial charge in [-0.3, -0.25) is 4.79 Å². The highest BCUT2D eigenvalue weighted by Gasteiger charge is 2.19. The van der Waals surface area contributed by atoms with Gasteiger partial charge in [0, 0.05) is 19.2 Å². The number of nitriles is 1. The van der Waals surface area contributed by atoms with Crippen LogP contribution in [0.25, 0.3) is 10.6 Å². The highest BCUT2D eigenvalue weighted by atomic mass is 32.1. The first-order valence-electron chi connectivity index (χ1n) is 7.33. The lowest BCUT2D eigenvalue weighted by Crippen LogP contribution is -2.31. The summed E-state index contributed by atoms with van der Waals surface area (Å²) in [6.45, 7) is 1.70. The Labute approximate surface area is 144 Å². The van der Waals surface area contributed by atoms with E-state index in [1.807, 2.05) is 36.4 Å². The molecule has 0 aliphatic carbocycles. The molecule has 0 saturated carbocycles. The highest BCUT2D eigenvalue weighted by molar-refractivity contribution is 7.17. The van der Waals surface area contributed by atoms with Gasteiger partial charge in [-0.15, -0.1) is 11.3 Å². The van der Waals surface area contributed by atoms with E-state index in [0.717, 1.165) is 10.6 Å². The number of rotatable bonds is 6. The SMILES string of the molecule is Cc1nc(-c2ccccc2)sc1C(=O)OCC(=O)N(C)CCC#N. The number of esters is 1. The number of ether oxygens (including phenoxy) is 1. The number of aryl methyl sites for hydroxylation is 1. The molecule has 1 amide bonds. The van der Waals surface area contributed by atoms with E-state index in [2.05, 4.69) is 4.98 Å². The number of benzene rings is 1. The fourth-order valence-electron chi connectivity index (χ4n) is 1.94. The number of carbonyl (C=O) groups is 2. The van der Waals surface area contributed by atoms with Gasteiger partial charge in [-0.1, -0.05) is 30.3 Å². The molecule has 6 nitrogen and oxygen atoms in total. The van der Waals surface area contributed by atoms with Gasteiger partial charge in [0.1, 0.15) is 9.88 Å². The Bertz CT molecular complexity index is 765. The standard InChI is InChI=1S/C17H17N3O3S/c1-12-15(24-16(19-12)13-7-4-3-5-8-13)17(22)23-11-14(21)20(2)10-6-9-18/h3-5,7-8H,6,10-11H2,1-2H3. The Morgan fingerprint density at radius 2 is 2.04 bits per heavy atom. The van der Waals surface area contributed by atoms with Gasteiger partial charge in [0.15, 0.2) is 6.61 Å². The molecule has 1 aromatic carbocycles. The maximum atomic E-state index is 12.2. The Balaban J connectivity index is 1.99. The van der Waals surface area contributed by atoms with Crippen molar-refractivity contribution in [3.8, 4) is 16.6 Å². The minimum absolute atomic E-state index is 0.241. The average molecular weight is 343 g/mol. The van der Waals surface area contributed by atoms with Crippen LogP contribution in [-0.2, 0) is 9.53 Å². The second kappa shape index (κ2) is 8.22. The number of amides is 1. The lowest BCUT2D eigenvalue weighted by molar-refractivity contribution is -0.133. The van der Waals surface area contributed by atoms with E-state index in [0.29, 0.717) is 17.1 Å². The first-order valence-corrected chi connectivity index (χ1v) is 8.15. The lowest BCUT2D eigenvalue weighted by atomic mass is 10.2. The molecule has 0 atom stereocenters. The Morgan fingerprint density at radius 3 is 2.71 bits per heavy atom. The average Bonchev–Trinajstić information content (AvgIpc) is 2.99. The van der Waals surface area contributed by atoms with E-state index in [1.165, 1.54) is 16.2 Å². The zero-order chi connectivity index (χ0) is 17.5.